The summed E-state index contributed by atoms with van der Waals surface area (Å²) in [7, 11) is 3.14. The van der Waals surface area contributed by atoms with Crippen molar-refractivity contribution >= 4 is 23.4 Å². The number of benzene rings is 1. The van der Waals surface area contributed by atoms with Crippen molar-refractivity contribution in [3.05, 3.63) is 30.6 Å². The number of hydrogen-bond donors (Lipinski definition) is 1. The minimum Gasteiger partial charge on any atom is -0.493 e. The summed E-state index contributed by atoms with van der Waals surface area (Å²) in [6, 6.07) is 5.28. The second-order valence-electron chi connectivity index (χ2n) is 4.81. The predicted molar refractivity (Wildman–Crippen MR) is 91.4 cm³/mol. The van der Waals surface area contributed by atoms with Crippen molar-refractivity contribution in [2.45, 2.75) is 30.8 Å². The Morgan fingerprint density at radius 3 is 2.74 bits per heavy atom. The lowest BCUT2D eigenvalue weighted by Gasteiger charge is -2.14. The van der Waals surface area contributed by atoms with Crippen LogP contribution in [0.25, 0.3) is 0 Å². The molecule has 0 aliphatic carbocycles. The van der Waals surface area contributed by atoms with Crippen LogP contribution in [0.4, 0.5) is 5.69 Å². The lowest BCUT2D eigenvalue weighted by molar-refractivity contribution is -0.115. The normalized spacial score (nSPS) is 11.8. The predicted octanol–water partition coefficient (Wildman–Crippen LogP) is 3.04. The van der Waals surface area contributed by atoms with E-state index in [0.717, 1.165) is 11.7 Å². The monoisotopic (exact) mass is 335 g/mol. The van der Waals surface area contributed by atoms with E-state index in [9.17, 15) is 4.79 Å². The van der Waals surface area contributed by atoms with Gasteiger partial charge in [-0.2, -0.15) is 0 Å². The molecule has 1 heterocycles. The number of thioether (sulfide) groups is 1. The number of hydrogen-bond acceptors (Lipinski definition) is 5. The molecule has 0 saturated heterocycles. The molecule has 6 nitrogen and oxygen atoms in total. The third-order valence-corrected chi connectivity index (χ3v) is 4.44. The number of aryl methyl sites for hydroxylation is 1. The number of nitrogens with one attached hydrogen (secondary N) is 1. The summed E-state index contributed by atoms with van der Waals surface area (Å²) in [6.07, 6.45) is 3.64. The van der Waals surface area contributed by atoms with E-state index in [4.69, 9.17) is 9.47 Å². The van der Waals surface area contributed by atoms with Gasteiger partial charge in [-0.15, -0.1) is 0 Å². The molecule has 0 aliphatic rings. The van der Waals surface area contributed by atoms with Crippen LogP contribution in [0.3, 0.4) is 0 Å². The molecule has 0 saturated carbocycles. The van der Waals surface area contributed by atoms with Crippen molar-refractivity contribution < 1.29 is 14.3 Å². The second kappa shape index (κ2) is 7.92. The molecular weight excluding hydrogens is 314 g/mol. The van der Waals surface area contributed by atoms with Crippen molar-refractivity contribution in [2.24, 2.45) is 0 Å². The van der Waals surface area contributed by atoms with E-state index in [1.165, 1.54) is 11.8 Å². The SMILES string of the molecule is CCn1ccnc1SC(C)C(=O)Nc1ccc(OC)c(OC)c1. The summed E-state index contributed by atoms with van der Waals surface area (Å²) in [4.78, 5) is 16.6. The third-order valence-electron chi connectivity index (χ3n) is 3.32. The fourth-order valence-electron chi connectivity index (χ4n) is 2.02. The number of methoxy groups -OCH3 is 2. The first-order valence-electron chi connectivity index (χ1n) is 7.29. The molecule has 1 N–H and O–H groups in total. The fourth-order valence-corrected chi connectivity index (χ4v) is 2.95. The zero-order valence-electron chi connectivity index (χ0n) is 13.7. The molecule has 0 fully saturated rings. The molecule has 0 bridgehead atoms. The van der Waals surface area contributed by atoms with E-state index in [1.807, 2.05) is 24.6 Å². The number of nitrogens with zero attached hydrogens (tertiary/aromatic N) is 2. The highest BCUT2D eigenvalue weighted by Gasteiger charge is 2.17. The second-order valence-corrected chi connectivity index (χ2v) is 6.12. The number of rotatable bonds is 7. The minimum absolute atomic E-state index is 0.0899. The Morgan fingerprint density at radius 1 is 1.35 bits per heavy atom. The van der Waals surface area contributed by atoms with E-state index < -0.39 is 0 Å². The zero-order chi connectivity index (χ0) is 16.8. The number of aromatic nitrogens is 2. The molecule has 1 aromatic carbocycles. The topological polar surface area (TPSA) is 65.4 Å². The van der Waals surface area contributed by atoms with Gasteiger partial charge in [-0.3, -0.25) is 4.79 Å². The summed E-state index contributed by atoms with van der Waals surface area (Å²) in [5, 5.41) is 3.45. The van der Waals surface area contributed by atoms with Crippen LogP contribution in [0.15, 0.2) is 35.7 Å². The lowest BCUT2D eigenvalue weighted by atomic mass is 10.2. The first kappa shape index (κ1) is 17.2. The maximum atomic E-state index is 12.4. The summed E-state index contributed by atoms with van der Waals surface area (Å²) in [5.41, 5.74) is 0.666. The van der Waals surface area contributed by atoms with Crippen LogP contribution in [-0.4, -0.2) is 34.9 Å². The quantitative estimate of drug-likeness (QED) is 0.788. The molecule has 0 spiro atoms. The standard InChI is InChI=1S/C16H21N3O3S/c1-5-19-9-8-17-16(19)23-11(2)15(20)18-12-6-7-13(21-3)14(10-12)22-4/h6-11H,5H2,1-4H3,(H,18,20). The third kappa shape index (κ3) is 4.19. The van der Waals surface area contributed by atoms with Gasteiger partial charge in [0.05, 0.1) is 19.5 Å². The van der Waals surface area contributed by atoms with E-state index in [-0.39, 0.29) is 11.2 Å². The summed E-state index contributed by atoms with van der Waals surface area (Å²) >= 11 is 1.43. The van der Waals surface area contributed by atoms with Gasteiger partial charge in [-0.05, 0) is 26.0 Å². The van der Waals surface area contributed by atoms with Crippen LogP contribution in [-0.2, 0) is 11.3 Å². The average Bonchev–Trinajstić information content (AvgIpc) is 3.01. The minimum atomic E-state index is -0.268. The van der Waals surface area contributed by atoms with Gasteiger partial charge in [0.25, 0.3) is 0 Å². The highest BCUT2D eigenvalue weighted by atomic mass is 32.2. The Labute approximate surface area is 140 Å². The molecule has 1 aromatic heterocycles. The Morgan fingerprint density at radius 2 is 2.09 bits per heavy atom. The number of ether oxygens (including phenoxy) is 2. The number of amides is 1. The number of anilines is 1. The van der Waals surface area contributed by atoms with Crippen LogP contribution >= 0.6 is 11.8 Å². The molecule has 1 amide bonds. The maximum absolute atomic E-state index is 12.4. The lowest BCUT2D eigenvalue weighted by Crippen LogP contribution is -2.22. The first-order valence-corrected chi connectivity index (χ1v) is 8.17. The molecule has 2 aromatic rings. The van der Waals surface area contributed by atoms with Crippen LogP contribution < -0.4 is 14.8 Å². The highest BCUT2D eigenvalue weighted by molar-refractivity contribution is 8.00. The van der Waals surface area contributed by atoms with Gasteiger partial charge >= 0.3 is 0 Å². The molecule has 2 rings (SSSR count). The van der Waals surface area contributed by atoms with Gasteiger partial charge in [0.2, 0.25) is 5.91 Å². The average molecular weight is 335 g/mol. The van der Waals surface area contributed by atoms with Crippen molar-refractivity contribution in [3.63, 3.8) is 0 Å². The molecule has 0 radical (unpaired) electrons. The first-order chi connectivity index (χ1) is 11.1. The molecule has 1 atom stereocenters. The van der Waals surface area contributed by atoms with Crippen molar-refractivity contribution in [2.75, 3.05) is 19.5 Å². The summed E-state index contributed by atoms with van der Waals surface area (Å²) in [6.45, 7) is 4.72. The van der Waals surface area contributed by atoms with E-state index >= 15 is 0 Å². The summed E-state index contributed by atoms with van der Waals surface area (Å²) in [5.74, 6) is 1.11. The number of imidazole rings is 1. The van der Waals surface area contributed by atoms with Crippen molar-refractivity contribution in [1.29, 1.82) is 0 Å². The Balaban J connectivity index is 2.03. The van der Waals surface area contributed by atoms with Crippen molar-refractivity contribution in [3.8, 4) is 11.5 Å². The van der Waals surface area contributed by atoms with Crippen LogP contribution in [0.5, 0.6) is 11.5 Å². The van der Waals surface area contributed by atoms with Gasteiger partial charge in [-0.1, -0.05) is 11.8 Å². The van der Waals surface area contributed by atoms with Crippen LogP contribution in [0, 0.1) is 0 Å². The number of carbonyl (C=O) groups excluding carboxylic acids is 1. The smallest absolute Gasteiger partial charge is 0.237 e. The molecule has 23 heavy (non-hydrogen) atoms. The van der Waals surface area contributed by atoms with E-state index in [0.29, 0.717) is 17.2 Å². The van der Waals surface area contributed by atoms with Crippen LogP contribution in [0.2, 0.25) is 0 Å². The van der Waals surface area contributed by atoms with Crippen molar-refractivity contribution in [1.82, 2.24) is 9.55 Å². The molecular formula is C16H21N3O3S. The highest BCUT2D eigenvalue weighted by Crippen LogP contribution is 2.30. The number of carbonyl (C=O) groups is 1. The Kier molecular flexibility index (Phi) is 5.92. The van der Waals surface area contributed by atoms with E-state index in [2.05, 4.69) is 10.3 Å². The summed E-state index contributed by atoms with van der Waals surface area (Å²) < 4.78 is 12.4. The Hall–Kier alpha value is -2.15. The fraction of sp³-hybridized carbons (Fsp3) is 0.375. The molecule has 124 valence electrons. The molecule has 1 unspecified atom stereocenters. The van der Waals surface area contributed by atoms with Gasteiger partial charge in [0.15, 0.2) is 16.7 Å². The Bertz CT molecular complexity index is 672. The largest absolute Gasteiger partial charge is 0.493 e. The van der Waals surface area contributed by atoms with Gasteiger partial charge in [0.1, 0.15) is 0 Å². The van der Waals surface area contributed by atoms with E-state index in [1.54, 1.807) is 38.6 Å². The maximum Gasteiger partial charge on any atom is 0.237 e. The van der Waals surface area contributed by atoms with Crippen LogP contribution in [0.1, 0.15) is 13.8 Å². The van der Waals surface area contributed by atoms with Gasteiger partial charge < -0.3 is 19.4 Å². The zero-order valence-corrected chi connectivity index (χ0v) is 14.5. The van der Waals surface area contributed by atoms with Gasteiger partial charge in [-0.25, -0.2) is 4.98 Å². The molecule has 0 aliphatic heterocycles. The van der Waals surface area contributed by atoms with Gasteiger partial charge in [0, 0.05) is 30.7 Å². The molecule has 7 heteroatoms.